The fraction of sp³-hybridized carbons (Fsp3) is 0.310. The van der Waals surface area contributed by atoms with Crippen molar-refractivity contribution < 1.29 is 4.79 Å². The van der Waals surface area contributed by atoms with Crippen LogP contribution in [0.25, 0.3) is 10.9 Å². The molecular formula is C29H32N4O. The van der Waals surface area contributed by atoms with Crippen LogP contribution in [-0.4, -0.2) is 21.5 Å². The number of aromatic nitrogens is 2. The number of hydrogen-bond acceptors (Lipinski definition) is 3. The minimum Gasteiger partial charge on any atom is -0.351 e. The Morgan fingerprint density at radius 2 is 1.91 bits per heavy atom. The number of carbonyl (C=O) groups excluding carboxylic acids is 1. The number of carbonyl (C=O) groups is 1. The summed E-state index contributed by atoms with van der Waals surface area (Å²) in [6.07, 6.45) is 7.61. The minimum absolute atomic E-state index is 0.0542. The Labute approximate surface area is 201 Å². The van der Waals surface area contributed by atoms with Gasteiger partial charge in [-0.2, -0.15) is 0 Å². The summed E-state index contributed by atoms with van der Waals surface area (Å²) >= 11 is 0. The van der Waals surface area contributed by atoms with Gasteiger partial charge < -0.3 is 9.88 Å². The van der Waals surface area contributed by atoms with Crippen molar-refractivity contribution in [3.05, 3.63) is 102 Å². The molecule has 4 aromatic rings. The molecule has 0 aliphatic carbocycles. The molecule has 0 unspecified atom stereocenters. The van der Waals surface area contributed by atoms with Gasteiger partial charge in [0.15, 0.2) is 0 Å². The Hall–Kier alpha value is -3.44. The molecule has 3 heterocycles. The van der Waals surface area contributed by atoms with E-state index in [1.165, 1.54) is 27.6 Å². The number of rotatable bonds is 7. The van der Waals surface area contributed by atoms with E-state index in [-0.39, 0.29) is 18.0 Å². The molecule has 5 rings (SSSR count). The van der Waals surface area contributed by atoms with Gasteiger partial charge in [-0.3, -0.25) is 15.1 Å². The Bertz CT molecular complexity index is 1260. The molecule has 2 aromatic heterocycles. The van der Waals surface area contributed by atoms with Crippen LogP contribution in [0, 0.1) is 5.92 Å². The van der Waals surface area contributed by atoms with E-state index in [9.17, 15) is 4.79 Å². The maximum Gasteiger partial charge on any atom is 0.237 e. The van der Waals surface area contributed by atoms with Crippen molar-refractivity contribution in [2.75, 3.05) is 0 Å². The molecule has 0 radical (unpaired) electrons. The first-order valence-electron chi connectivity index (χ1n) is 12.2. The van der Waals surface area contributed by atoms with Crippen LogP contribution in [0.2, 0.25) is 0 Å². The smallest absolute Gasteiger partial charge is 0.237 e. The SMILES string of the molecule is CC(C)C[C@@H]1N[C@H](C(=O)NCc2ccccc2)Cc2cn(Cc3cccnc3)c3cccc1c23. The third-order valence-electron chi connectivity index (χ3n) is 6.63. The normalized spacial score (nSPS) is 17.6. The molecule has 34 heavy (non-hydrogen) atoms. The monoisotopic (exact) mass is 452 g/mol. The van der Waals surface area contributed by atoms with Gasteiger partial charge in [-0.1, -0.05) is 62.4 Å². The van der Waals surface area contributed by atoms with E-state index >= 15 is 0 Å². The van der Waals surface area contributed by atoms with Gasteiger partial charge in [0.1, 0.15) is 0 Å². The summed E-state index contributed by atoms with van der Waals surface area (Å²) in [6, 6.07) is 20.6. The molecule has 174 valence electrons. The van der Waals surface area contributed by atoms with Crippen LogP contribution in [-0.2, 0) is 24.3 Å². The van der Waals surface area contributed by atoms with Crippen molar-refractivity contribution in [3.8, 4) is 0 Å². The summed E-state index contributed by atoms with van der Waals surface area (Å²) in [5.41, 5.74) is 6.02. The molecule has 1 aliphatic heterocycles. The van der Waals surface area contributed by atoms with Crippen LogP contribution >= 0.6 is 0 Å². The number of nitrogens with one attached hydrogen (secondary N) is 2. The van der Waals surface area contributed by atoms with Crippen molar-refractivity contribution in [3.63, 3.8) is 0 Å². The molecule has 0 spiro atoms. The molecule has 0 saturated carbocycles. The first-order valence-corrected chi connectivity index (χ1v) is 12.2. The van der Waals surface area contributed by atoms with Crippen molar-refractivity contribution in [1.29, 1.82) is 0 Å². The van der Waals surface area contributed by atoms with Gasteiger partial charge in [0, 0.05) is 48.6 Å². The zero-order chi connectivity index (χ0) is 23.5. The molecule has 2 atom stereocenters. The molecule has 0 fully saturated rings. The van der Waals surface area contributed by atoms with Gasteiger partial charge in [-0.15, -0.1) is 0 Å². The second-order valence-electron chi connectivity index (χ2n) is 9.69. The number of benzene rings is 2. The summed E-state index contributed by atoms with van der Waals surface area (Å²) in [6.45, 7) is 5.79. The highest BCUT2D eigenvalue weighted by Crippen LogP contribution is 2.36. The second-order valence-corrected chi connectivity index (χ2v) is 9.69. The summed E-state index contributed by atoms with van der Waals surface area (Å²) in [7, 11) is 0. The maximum absolute atomic E-state index is 13.3. The molecule has 1 amide bonds. The topological polar surface area (TPSA) is 59.0 Å². The highest BCUT2D eigenvalue weighted by Gasteiger charge is 2.30. The lowest BCUT2D eigenvalue weighted by Crippen LogP contribution is -2.46. The van der Waals surface area contributed by atoms with Gasteiger partial charge >= 0.3 is 0 Å². The molecule has 5 nitrogen and oxygen atoms in total. The van der Waals surface area contributed by atoms with E-state index in [0.29, 0.717) is 18.9 Å². The first kappa shape index (κ1) is 22.4. The van der Waals surface area contributed by atoms with E-state index in [2.05, 4.69) is 64.5 Å². The molecule has 0 saturated heterocycles. The van der Waals surface area contributed by atoms with E-state index < -0.39 is 0 Å². The minimum atomic E-state index is -0.280. The fourth-order valence-corrected chi connectivity index (χ4v) is 5.09. The van der Waals surface area contributed by atoms with E-state index in [1.54, 1.807) is 6.20 Å². The Morgan fingerprint density at radius 1 is 1.09 bits per heavy atom. The molecule has 2 aromatic carbocycles. The summed E-state index contributed by atoms with van der Waals surface area (Å²) in [5.74, 6) is 0.568. The number of amides is 1. The molecule has 5 heteroatoms. The van der Waals surface area contributed by atoms with E-state index in [1.807, 2.05) is 42.6 Å². The van der Waals surface area contributed by atoms with Crippen LogP contribution in [0.5, 0.6) is 0 Å². The average Bonchev–Trinajstić information content (AvgIpc) is 3.11. The number of pyridine rings is 1. The summed E-state index contributed by atoms with van der Waals surface area (Å²) in [4.78, 5) is 17.6. The van der Waals surface area contributed by atoms with Crippen LogP contribution < -0.4 is 10.6 Å². The summed E-state index contributed by atoms with van der Waals surface area (Å²) in [5, 5.41) is 8.17. The van der Waals surface area contributed by atoms with Gasteiger partial charge in [0.25, 0.3) is 0 Å². The highest BCUT2D eigenvalue weighted by atomic mass is 16.2. The van der Waals surface area contributed by atoms with Crippen molar-refractivity contribution >= 4 is 16.8 Å². The lowest BCUT2D eigenvalue weighted by atomic mass is 9.94. The first-order chi connectivity index (χ1) is 16.6. The van der Waals surface area contributed by atoms with Crippen LogP contribution in [0.4, 0.5) is 0 Å². The van der Waals surface area contributed by atoms with Crippen molar-refractivity contribution in [2.45, 2.75) is 51.9 Å². The molecule has 2 N–H and O–H groups in total. The van der Waals surface area contributed by atoms with Crippen LogP contribution in [0.1, 0.15) is 48.6 Å². The zero-order valence-electron chi connectivity index (χ0n) is 19.9. The lowest BCUT2D eigenvalue weighted by molar-refractivity contribution is -0.123. The summed E-state index contributed by atoms with van der Waals surface area (Å²) < 4.78 is 2.31. The number of nitrogens with zero attached hydrogens (tertiary/aromatic N) is 2. The van der Waals surface area contributed by atoms with Crippen molar-refractivity contribution in [1.82, 2.24) is 20.2 Å². The van der Waals surface area contributed by atoms with Crippen LogP contribution in [0.3, 0.4) is 0 Å². The third kappa shape index (κ3) is 4.75. The van der Waals surface area contributed by atoms with E-state index in [4.69, 9.17) is 0 Å². The van der Waals surface area contributed by atoms with Gasteiger partial charge in [-0.05, 0) is 53.1 Å². The van der Waals surface area contributed by atoms with E-state index in [0.717, 1.165) is 18.5 Å². The Morgan fingerprint density at radius 3 is 2.68 bits per heavy atom. The molecule has 0 bridgehead atoms. The fourth-order valence-electron chi connectivity index (χ4n) is 5.09. The second kappa shape index (κ2) is 9.82. The Kier molecular flexibility index (Phi) is 6.45. The zero-order valence-corrected chi connectivity index (χ0v) is 19.9. The quantitative estimate of drug-likeness (QED) is 0.415. The lowest BCUT2D eigenvalue weighted by Gasteiger charge is -2.25. The van der Waals surface area contributed by atoms with Gasteiger partial charge in [-0.25, -0.2) is 0 Å². The maximum atomic E-state index is 13.3. The average molecular weight is 453 g/mol. The van der Waals surface area contributed by atoms with Crippen molar-refractivity contribution in [2.24, 2.45) is 5.92 Å². The van der Waals surface area contributed by atoms with Gasteiger partial charge in [0.05, 0.1) is 6.04 Å². The standard InChI is InChI=1S/C29H32N4O/c1-20(2)14-25-24-11-6-12-27-28(24)23(19-33(27)18-22-10-7-13-30-16-22)15-26(32-25)29(34)31-17-21-8-4-3-5-9-21/h3-13,16,19-20,25-26,32H,14-15,17-18H2,1-2H3,(H,31,34)/t25-,26-/m0/s1. The Balaban J connectivity index is 1.48. The predicted molar refractivity (Wildman–Crippen MR) is 136 cm³/mol. The molecule has 1 aliphatic rings. The predicted octanol–water partition coefficient (Wildman–Crippen LogP) is 5.00. The highest BCUT2D eigenvalue weighted by molar-refractivity contribution is 5.90. The third-order valence-corrected chi connectivity index (χ3v) is 6.63. The number of hydrogen-bond donors (Lipinski definition) is 2. The largest absolute Gasteiger partial charge is 0.351 e. The molecular weight excluding hydrogens is 420 g/mol. The van der Waals surface area contributed by atoms with Gasteiger partial charge in [0.2, 0.25) is 5.91 Å². The van der Waals surface area contributed by atoms with Crippen LogP contribution in [0.15, 0.2) is 79.3 Å².